The molecule has 1 aliphatic carbocycles. The van der Waals surface area contributed by atoms with Gasteiger partial charge in [-0.05, 0) is 83.7 Å². The van der Waals surface area contributed by atoms with E-state index in [1.54, 1.807) is 43.7 Å². The summed E-state index contributed by atoms with van der Waals surface area (Å²) in [6, 6.07) is 27.7. The van der Waals surface area contributed by atoms with E-state index in [1.807, 2.05) is 83.8 Å². The first-order valence-electron chi connectivity index (χ1n) is 17.1. The quantitative estimate of drug-likeness (QED) is 0.143. The third kappa shape index (κ3) is 7.75. The van der Waals surface area contributed by atoms with Crippen LogP contribution < -0.4 is 14.2 Å². The molecule has 1 amide bonds. The SMILES string of the molecule is COc1ccccc1C(CCN(Cc1ccccc1)C(=O)CCc1ccc(/C=C2C=C/C(=C3\C=CC=N3)C/2B(F)F)[nH]1)c1ccc2c(c1)OCO2. The van der Waals surface area contributed by atoms with E-state index < -0.39 is 13.1 Å². The Morgan fingerprint density at radius 3 is 2.65 bits per heavy atom. The van der Waals surface area contributed by atoms with Crippen molar-refractivity contribution in [3.8, 4) is 17.2 Å². The number of methoxy groups -OCH3 is 1. The third-order valence-electron chi connectivity index (χ3n) is 9.52. The van der Waals surface area contributed by atoms with Gasteiger partial charge in [0.15, 0.2) is 11.5 Å². The summed E-state index contributed by atoms with van der Waals surface area (Å²) in [5.74, 6) is 1.11. The Kier molecular flexibility index (Phi) is 10.3. The number of nitrogens with one attached hydrogen (secondary N) is 1. The Labute approximate surface area is 296 Å². The molecule has 2 unspecified atom stereocenters. The zero-order chi connectivity index (χ0) is 35.2. The predicted molar refractivity (Wildman–Crippen MR) is 196 cm³/mol. The van der Waals surface area contributed by atoms with Crippen molar-refractivity contribution in [1.82, 2.24) is 9.88 Å². The number of allylic oxidation sites excluding steroid dienone is 6. The van der Waals surface area contributed by atoms with Crippen LogP contribution in [0.1, 0.15) is 46.8 Å². The number of hydrogen-bond donors (Lipinski definition) is 1. The lowest BCUT2D eigenvalue weighted by Crippen LogP contribution is -2.32. The molecule has 7 rings (SSSR count). The standard InChI is InChI=1S/C41H38BF2N3O4/c1-49-37-12-6-5-10-34(37)33(29-14-19-38-39(25-29)51-27-50-38)21-23-47(26-28-8-3-2-4-9-28)40(48)20-17-31-15-16-32(46-31)24-30-13-18-35(41(30)42(43)44)36-11-7-22-45-36/h2-16,18-19,22,24-25,33,41,46H,17,20-21,23,26-27H2,1H3/b30-24-,36-35-. The number of carbonyl (C=O) groups is 1. The molecule has 10 heteroatoms. The number of hydrogen-bond acceptors (Lipinski definition) is 5. The van der Waals surface area contributed by atoms with E-state index in [2.05, 4.69) is 16.0 Å². The van der Waals surface area contributed by atoms with Crippen LogP contribution in [0.15, 0.2) is 131 Å². The van der Waals surface area contributed by atoms with E-state index in [0.717, 1.165) is 28.1 Å². The summed E-state index contributed by atoms with van der Waals surface area (Å²) in [7, 11) is -0.892. The number of aryl methyl sites for hydroxylation is 1. The largest absolute Gasteiger partial charge is 0.549 e. The second-order valence-electron chi connectivity index (χ2n) is 12.7. The molecular weight excluding hydrogens is 647 g/mol. The number of H-pyrrole nitrogens is 1. The van der Waals surface area contributed by atoms with E-state index >= 15 is 0 Å². The predicted octanol–water partition coefficient (Wildman–Crippen LogP) is 8.58. The van der Waals surface area contributed by atoms with Crippen LogP contribution in [0.5, 0.6) is 17.2 Å². The molecule has 0 radical (unpaired) electrons. The number of fused-ring (bicyclic) bond motifs is 1. The number of amides is 1. The lowest BCUT2D eigenvalue weighted by molar-refractivity contribution is -0.131. The highest BCUT2D eigenvalue weighted by molar-refractivity contribution is 6.47. The fourth-order valence-corrected chi connectivity index (χ4v) is 6.94. The first-order valence-corrected chi connectivity index (χ1v) is 17.1. The van der Waals surface area contributed by atoms with Crippen LogP contribution in [-0.2, 0) is 17.8 Å². The molecule has 0 spiro atoms. The minimum absolute atomic E-state index is 0.0238. The lowest BCUT2D eigenvalue weighted by atomic mass is 9.70. The molecule has 0 saturated heterocycles. The van der Waals surface area contributed by atoms with E-state index in [4.69, 9.17) is 14.2 Å². The molecule has 4 aromatic rings. The van der Waals surface area contributed by atoms with Crippen molar-refractivity contribution in [2.75, 3.05) is 20.4 Å². The number of para-hydroxylation sites is 1. The van der Waals surface area contributed by atoms with Gasteiger partial charge < -0.3 is 24.1 Å². The first-order chi connectivity index (χ1) is 25.0. The average Bonchev–Trinajstić information content (AvgIpc) is 3.99. The summed E-state index contributed by atoms with van der Waals surface area (Å²) in [6.45, 7) is 1.17. The van der Waals surface area contributed by atoms with Crippen LogP contribution in [0.3, 0.4) is 0 Å². The van der Waals surface area contributed by atoms with Crippen molar-refractivity contribution in [3.05, 3.63) is 154 Å². The number of benzene rings is 3. The number of ether oxygens (including phenoxy) is 3. The fourth-order valence-electron chi connectivity index (χ4n) is 6.94. The van der Waals surface area contributed by atoms with Gasteiger partial charge in [0.2, 0.25) is 12.7 Å². The number of aromatic amines is 1. The number of aromatic nitrogens is 1. The zero-order valence-electron chi connectivity index (χ0n) is 28.3. The average molecular weight is 686 g/mol. The van der Waals surface area contributed by atoms with Crippen LogP contribution in [0.2, 0.25) is 5.82 Å². The van der Waals surface area contributed by atoms with Crippen LogP contribution in [0.25, 0.3) is 6.08 Å². The summed E-state index contributed by atoms with van der Waals surface area (Å²) in [6.07, 6.45) is 11.7. The fraction of sp³-hybridized carbons (Fsp3) is 0.220. The van der Waals surface area contributed by atoms with Crippen molar-refractivity contribution in [2.45, 2.75) is 37.5 Å². The van der Waals surface area contributed by atoms with Gasteiger partial charge in [-0.1, -0.05) is 66.7 Å². The zero-order valence-corrected chi connectivity index (χ0v) is 28.3. The van der Waals surface area contributed by atoms with Crippen LogP contribution in [-0.4, -0.2) is 49.7 Å². The Morgan fingerprint density at radius 1 is 1.02 bits per heavy atom. The van der Waals surface area contributed by atoms with E-state index in [0.29, 0.717) is 60.0 Å². The molecule has 0 bridgehead atoms. The van der Waals surface area contributed by atoms with Gasteiger partial charge >= 0.3 is 7.27 Å². The second-order valence-corrected chi connectivity index (χ2v) is 12.7. The Balaban J connectivity index is 1.08. The third-order valence-corrected chi connectivity index (χ3v) is 9.52. The molecule has 1 aromatic heterocycles. The van der Waals surface area contributed by atoms with Gasteiger partial charge in [-0.2, -0.15) is 0 Å². The highest BCUT2D eigenvalue weighted by atomic mass is 19.2. The minimum Gasteiger partial charge on any atom is -0.496 e. The van der Waals surface area contributed by atoms with Gasteiger partial charge in [-0.3, -0.25) is 18.4 Å². The highest BCUT2D eigenvalue weighted by Crippen LogP contribution is 2.43. The van der Waals surface area contributed by atoms with Crippen LogP contribution in [0.4, 0.5) is 8.63 Å². The van der Waals surface area contributed by atoms with Gasteiger partial charge in [0.1, 0.15) is 5.75 Å². The Bertz CT molecular complexity index is 2020. The molecule has 1 N–H and O–H groups in total. The van der Waals surface area contributed by atoms with E-state index in [1.165, 1.54) is 0 Å². The molecule has 2 aliphatic heterocycles. The smallest absolute Gasteiger partial charge is 0.496 e. The maximum Gasteiger partial charge on any atom is 0.549 e. The van der Waals surface area contributed by atoms with E-state index in [-0.39, 0.29) is 25.0 Å². The topological polar surface area (TPSA) is 76.2 Å². The second kappa shape index (κ2) is 15.5. The Morgan fingerprint density at radius 2 is 1.84 bits per heavy atom. The number of nitrogens with zero attached hydrogens (tertiary/aromatic N) is 2. The summed E-state index contributed by atoms with van der Waals surface area (Å²) in [4.78, 5) is 23.4. The van der Waals surface area contributed by atoms with Crippen LogP contribution in [0, 0.1) is 0 Å². The van der Waals surface area contributed by atoms with Gasteiger partial charge in [-0.15, -0.1) is 0 Å². The molecule has 2 atom stereocenters. The maximum absolute atomic E-state index is 14.2. The number of carbonyl (C=O) groups excluding carboxylic acids is 1. The first kappa shape index (κ1) is 33.8. The molecule has 258 valence electrons. The highest BCUT2D eigenvalue weighted by Gasteiger charge is 2.37. The molecule has 0 saturated carbocycles. The van der Waals surface area contributed by atoms with Crippen molar-refractivity contribution >= 4 is 25.5 Å². The van der Waals surface area contributed by atoms with Gasteiger partial charge in [-0.25, -0.2) is 0 Å². The van der Waals surface area contributed by atoms with Crippen molar-refractivity contribution in [2.24, 2.45) is 4.99 Å². The molecular formula is C41H38BF2N3O4. The van der Waals surface area contributed by atoms with Crippen LogP contribution >= 0.6 is 0 Å². The molecule has 3 aliphatic rings. The number of halogens is 2. The van der Waals surface area contributed by atoms with Gasteiger partial charge in [0.25, 0.3) is 0 Å². The lowest BCUT2D eigenvalue weighted by Gasteiger charge is -2.27. The molecule has 7 nitrogen and oxygen atoms in total. The van der Waals surface area contributed by atoms with Crippen molar-refractivity contribution in [3.63, 3.8) is 0 Å². The maximum atomic E-state index is 14.2. The Hall–Kier alpha value is -5.64. The molecule has 0 fully saturated rings. The summed E-state index contributed by atoms with van der Waals surface area (Å²) in [5, 5.41) is 0. The van der Waals surface area contributed by atoms with E-state index in [9.17, 15) is 13.4 Å². The van der Waals surface area contributed by atoms with Gasteiger partial charge in [0, 0.05) is 48.6 Å². The normalized spacial score (nSPS) is 18.5. The van der Waals surface area contributed by atoms with Crippen molar-refractivity contribution < 1.29 is 27.6 Å². The summed E-state index contributed by atoms with van der Waals surface area (Å²) < 4.78 is 45.4. The summed E-state index contributed by atoms with van der Waals surface area (Å²) >= 11 is 0. The number of aliphatic imine (C=N–C) groups is 1. The molecule has 3 aromatic carbocycles. The monoisotopic (exact) mass is 685 g/mol. The molecule has 3 heterocycles. The van der Waals surface area contributed by atoms with Gasteiger partial charge in [0.05, 0.1) is 18.6 Å². The number of rotatable bonds is 13. The summed E-state index contributed by atoms with van der Waals surface area (Å²) in [5.41, 5.74) is 6.30. The molecule has 51 heavy (non-hydrogen) atoms. The minimum atomic E-state index is -2.56. The van der Waals surface area contributed by atoms with Crippen molar-refractivity contribution in [1.29, 1.82) is 0 Å².